The number of halogens is 1. The molecule has 26 heavy (non-hydrogen) atoms. The van der Waals surface area contributed by atoms with Crippen molar-refractivity contribution in [3.63, 3.8) is 0 Å². The van der Waals surface area contributed by atoms with Gasteiger partial charge in [-0.15, -0.1) is 0 Å². The molecule has 0 aliphatic carbocycles. The smallest absolute Gasteiger partial charge is 0.327 e. The molecule has 1 N–H and O–H groups in total. The van der Waals surface area contributed by atoms with Gasteiger partial charge in [0.2, 0.25) is 0 Å². The van der Waals surface area contributed by atoms with Gasteiger partial charge < -0.3 is 14.1 Å². The molecule has 1 unspecified atom stereocenters. The normalized spacial score (nSPS) is 12.3. The summed E-state index contributed by atoms with van der Waals surface area (Å²) in [5.41, 5.74) is 0.621. The Hall–Kier alpha value is -3.48. The van der Waals surface area contributed by atoms with Crippen LogP contribution in [0.5, 0.6) is 0 Å². The van der Waals surface area contributed by atoms with Crippen LogP contribution in [0.3, 0.4) is 0 Å². The number of hydrogen-bond donors (Lipinski definition) is 1. The number of aromatic nitrogens is 3. The van der Waals surface area contributed by atoms with Crippen molar-refractivity contribution >= 4 is 16.9 Å². The number of para-hydroxylation sites is 1. The van der Waals surface area contributed by atoms with Crippen molar-refractivity contribution in [2.45, 2.75) is 12.5 Å². The summed E-state index contributed by atoms with van der Waals surface area (Å²) in [7, 11) is 0. The largest absolute Gasteiger partial charge is 0.480 e. The molecule has 0 amide bonds. The predicted octanol–water partition coefficient (Wildman–Crippen LogP) is 3.70. The van der Waals surface area contributed by atoms with E-state index in [0.29, 0.717) is 22.7 Å². The average molecular weight is 351 g/mol. The molecule has 0 aliphatic heterocycles. The highest BCUT2D eigenvalue weighted by Gasteiger charge is 2.25. The van der Waals surface area contributed by atoms with Crippen LogP contribution in [0, 0.1) is 5.82 Å². The number of carboxylic acid groups (broad SMARTS) is 1. The van der Waals surface area contributed by atoms with E-state index in [1.807, 2.05) is 0 Å². The molecule has 0 radical (unpaired) electrons. The SMILES string of the molecule is O=C(O)C(Cc1ccco1)n1ccnc1-c1ccc2cccc(F)c2n1. The minimum atomic E-state index is -1.02. The van der Waals surface area contributed by atoms with Crippen LogP contribution in [0.15, 0.2) is 65.5 Å². The summed E-state index contributed by atoms with van der Waals surface area (Å²) in [5.74, 6) is -0.552. The number of pyridine rings is 1. The third-order valence-electron chi connectivity index (χ3n) is 4.16. The number of benzene rings is 1. The number of aliphatic carboxylic acids is 1. The van der Waals surface area contributed by atoms with Crippen LogP contribution in [0.4, 0.5) is 4.39 Å². The Labute approximate surface area is 147 Å². The first kappa shape index (κ1) is 16.0. The Morgan fingerprint density at radius 2 is 2.12 bits per heavy atom. The first-order chi connectivity index (χ1) is 12.6. The van der Waals surface area contributed by atoms with Crippen molar-refractivity contribution in [3.05, 3.63) is 72.7 Å². The molecule has 3 heterocycles. The maximum absolute atomic E-state index is 14.1. The predicted molar refractivity (Wildman–Crippen MR) is 92.0 cm³/mol. The van der Waals surface area contributed by atoms with Gasteiger partial charge in [0, 0.05) is 24.2 Å². The molecule has 0 saturated heterocycles. The fraction of sp³-hybridized carbons (Fsp3) is 0.105. The molecular weight excluding hydrogens is 337 g/mol. The van der Waals surface area contributed by atoms with E-state index in [1.54, 1.807) is 42.6 Å². The maximum atomic E-state index is 14.1. The summed E-state index contributed by atoms with van der Waals surface area (Å²) in [6.45, 7) is 0. The Bertz CT molecular complexity index is 1070. The number of imidazole rings is 1. The van der Waals surface area contributed by atoms with Crippen LogP contribution in [0.1, 0.15) is 11.8 Å². The van der Waals surface area contributed by atoms with Gasteiger partial charge in [0.15, 0.2) is 5.82 Å². The highest BCUT2D eigenvalue weighted by Crippen LogP contribution is 2.25. The van der Waals surface area contributed by atoms with Gasteiger partial charge in [-0.3, -0.25) is 0 Å². The molecule has 4 aromatic rings. The monoisotopic (exact) mass is 351 g/mol. The van der Waals surface area contributed by atoms with Crippen molar-refractivity contribution in [2.75, 3.05) is 0 Å². The van der Waals surface area contributed by atoms with Gasteiger partial charge in [0.1, 0.15) is 28.8 Å². The van der Waals surface area contributed by atoms with Gasteiger partial charge in [0.25, 0.3) is 0 Å². The number of carboxylic acids is 1. The summed E-state index contributed by atoms with van der Waals surface area (Å²) < 4.78 is 20.8. The number of carbonyl (C=O) groups is 1. The molecule has 0 saturated carbocycles. The van der Waals surface area contributed by atoms with E-state index in [1.165, 1.54) is 23.1 Å². The van der Waals surface area contributed by atoms with E-state index in [-0.39, 0.29) is 11.9 Å². The third kappa shape index (κ3) is 2.83. The first-order valence-corrected chi connectivity index (χ1v) is 7.97. The summed E-state index contributed by atoms with van der Waals surface area (Å²) >= 11 is 0. The van der Waals surface area contributed by atoms with E-state index in [4.69, 9.17) is 4.42 Å². The molecule has 130 valence electrons. The second-order valence-electron chi connectivity index (χ2n) is 5.80. The highest BCUT2D eigenvalue weighted by molar-refractivity contribution is 5.81. The van der Waals surface area contributed by atoms with Crippen LogP contribution in [0.25, 0.3) is 22.4 Å². The molecule has 4 rings (SSSR count). The lowest BCUT2D eigenvalue weighted by molar-refractivity contribution is -0.140. The maximum Gasteiger partial charge on any atom is 0.327 e. The molecule has 0 bridgehead atoms. The average Bonchev–Trinajstić information content (AvgIpc) is 3.31. The van der Waals surface area contributed by atoms with Gasteiger partial charge in [-0.25, -0.2) is 19.2 Å². The Morgan fingerprint density at radius 3 is 2.88 bits per heavy atom. The summed E-state index contributed by atoms with van der Waals surface area (Å²) in [6.07, 6.45) is 4.73. The Balaban J connectivity index is 1.78. The molecule has 0 aliphatic rings. The lowest BCUT2D eigenvalue weighted by Crippen LogP contribution is -2.21. The molecule has 0 fully saturated rings. The van der Waals surface area contributed by atoms with E-state index < -0.39 is 17.8 Å². The quantitative estimate of drug-likeness (QED) is 0.593. The molecular formula is C19H14FN3O3. The molecule has 3 aromatic heterocycles. The second-order valence-corrected chi connectivity index (χ2v) is 5.80. The second kappa shape index (κ2) is 6.44. The zero-order valence-electron chi connectivity index (χ0n) is 13.5. The number of hydrogen-bond acceptors (Lipinski definition) is 4. The third-order valence-corrected chi connectivity index (χ3v) is 4.16. The summed E-state index contributed by atoms with van der Waals surface area (Å²) in [5, 5.41) is 10.3. The molecule has 6 nitrogen and oxygen atoms in total. The van der Waals surface area contributed by atoms with Gasteiger partial charge in [-0.2, -0.15) is 0 Å². The summed E-state index contributed by atoms with van der Waals surface area (Å²) in [4.78, 5) is 20.4. The fourth-order valence-corrected chi connectivity index (χ4v) is 2.92. The van der Waals surface area contributed by atoms with Crippen molar-refractivity contribution in [1.82, 2.24) is 14.5 Å². The van der Waals surface area contributed by atoms with Crippen LogP contribution < -0.4 is 0 Å². The Morgan fingerprint density at radius 1 is 1.23 bits per heavy atom. The van der Waals surface area contributed by atoms with Gasteiger partial charge in [0.05, 0.1) is 6.26 Å². The van der Waals surface area contributed by atoms with Crippen molar-refractivity contribution in [3.8, 4) is 11.5 Å². The fourth-order valence-electron chi connectivity index (χ4n) is 2.92. The topological polar surface area (TPSA) is 81.1 Å². The van der Waals surface area contributed by atoms with Crippen LogP contribution in [-0.4, -0.2) is 25.6 Å². The molecule has 1 atom stereocenters. The van der Waals surface area contributed by atoms with Crippen molar-refractivity contribution in [2.24, 2.45) is 0 Å². The first-order valence-electron chi connectivity index (χ1n) is 7.97. The Kier molecular flexibility index (Phi) is 3.96. The van der Waals surface area contributed by atoms with Crippen LogP contribution in [-0.2, 0) is 11.2 Å². The molecule has 1 aromatic carbocycles. The minimum Gasteiger partial charge on any atom is -0.480 e. The van der Waals surface area contributed by atoms with Gasteiger partial charge in [-0.1, -0.05) is 18.2 Å². The molecule has 7 heteroatoms. The number of fused-ring (bicyclic) bond motifs is 1. The number of nitrogens with zero attached hydrogens (tertiary/aromatic N) is 3. The van der Waals surface area contributed by atoms with Crippen molar-refractivity contribution < 1.29 is 18.7 Å². The highest BCUT2D eigenvalue weighted by atomic mass is 19.1. The number of furan rings is 1. The molecule has 0 spiro atoms. The van der Waals surface area contributed by atoms with Gasteiger partial charge >= 0.3 is 5.97 Å². The standard InChI is InChI=1S/C19H14FN3O3/c20-14-5-1-3-12-6-7-15(22-17(12)14)18-21-8-9-23(18)16(19(24)25)11-13-4-2-10-26-13/h1-10,16H,11H2,(H,24,25). The van der Waals surface area contributed by atoms with E-state index >= 15 is 0 Å². The van der Waals surface area contributed by atoms with Gasteiger partial charge in [-0.05, 0) is 24.3 Å². The minimum absolute atomic E-state index is 0.160. The lowest BCUT2D eigenvalue weighted by atomic mass is 10.1. The van der Waals surface area contributed by atoms with Crippen LogP contribution >= 0.6 is 0 Å². The zero-order chi connectivity index (χ0) is 18.1. The zero-order valence-corrected chi connectivity index (χ0v) is 13.5. The number of rotatable bonds is 5. The summed E-state index contributed by atoms with van der Waals surface area (Å²) in [6, 6.07) is 10.7. The van der Waals surface area contributed by atoms with Crippen molar-refractivity contribution in [1.29, 1.82) is 0 Å². The van der Waals surface area contributed by atoms with E-state index in [9.17, 15) is 14.3 Å². The van der Waals surface area contributed by atoms with E-state index in [2.05, 4.69) is 9.97 Å². The lowest BCUT2D eigenvalue weighted by Gasteiger charge is -2.16. The van der Waals surface area contributed by atoms with E-state index in [0.717, 1.165) is 0 Å². The van der Waals surface area contributed by atoms with Crippen LogP contribution in [0.2, 0.25) is 0 Å².